The molecular formula is C24H23N3O4. The van der Waals surface area contributed by atoms with Gasteiger partial charge in [-0.2, -0.15) is 0 Å². The molecule has 0 saturated heterocycles. The molecule has 0 bridgehead atoms. The molecule has 0 unspecified atom stereocenters. The Bertz CT molecular complexity index is 1070. The molecule has 3 aromatic rings. The van der Waals surface area contributed by atoms with Crippen LogP contribution in [0.4, 0.5) is 5.69 Å². The van der Waals surface area contributed by atoms with Crippen molar-refractivity contribution in [2.24, 2.45) is 0 Å². The van der Waals surface area contributed by atoms with Crippen molar-refractivity contribution in [2.75, 3.05) is 12.4 Å². The Balaban J connectivity index is 1.60. The molecule has 7 heteroatoms. The average Bonchev–Trinajstić information content (AvgIpc) is 2.82. The predicted octanol–water partition coefficient (Wildman–Crippen LogP) is 2.88. The monoisotopic (exact) mass is 417 g/mol. The van der Waals surface area contributed by atoms with Gasteiger partial charge >= 0.3 is 11.8 Å². The van der Waals surface area contributed by atoms with Crippen molar-refractivity contribution in [3.8, 4) is 5.75 Å². The molecule has 0 aliphatic heterocycles. The van der Waals surface area contributed by atoms with Gasteiger partial charge in [0.25, 0.3) is 5.91 Å². The lowest BCUT2D eigenvalue weighted by Crippen LogP contribution is -2.35. The van der Waals surface area contributed by atoms with Gasteiger partial charge in [0.05, 0.1) is 18.4 Å². The van der Waals surface area contributed by atoms with Gasteiger partial charge in [-0.15, -0.1) is 0 Å². The van der Waals surface area contributed by atoms with Gasteiger partial charge in [-0.3, -0.25) is 14.4 Å². The molecule has 31 heavy (non-hydrogen) atoms. The van der Waals surface area contributed by atoms with Crippen molar-refractivity contribution in [1.82, 2.24) is 10.6 Å². The fourth-order valence-electron chi connectivity index (χ4n) is 2.95. The summed E-state index contributed by atoms with van der Waals surface area (Å²) in [7, 11) is 1.53. The largest absolute Gasteiger partial charge is 0.496 e. The van der Waals surface area contributed by atoms with Crippen molar-refractivity contribution in [3.63, 3.8) is 0 Å². The number of nitrogens with one attached hydrogen (secondary N) is 3. The van der Waals surface area contributed by atoms with Crippen LogP contribution in [0, 0.1) is 0 Å². The van der Waals surface area contributed by atoms with Crippen molar-refractivity contribution in [1.29, 1.82) is 0 Å². The number of anilines is 1. The number of amides is 3. The maximum Gasteiger partial charge on any atom is 0.313 e. The van der Waals surface area contributed by atoms with Crippen LogP contribution in [0.25, 0.3) is 0 Å². The zero-order valence-electron chi connectivity index (χ0n) is 17.1. The van der Waals surface area contributed by atoms with E-state index in [-0.39, 0.29) is 23.7 Å². The van der Waals surface area contributed by atoms with Gasteiger partial charge in [0.1, 0.15) is 5.75 Å². The zero-order valence-corrected chi connectivity index (χ0v) is 17.1. The van der Waals surface area contributed by atoms with Crippen LogP contribution in [-0.2, 0) is 22.7 Å². The normalized spacial score (nSPS) is 10.1. The van der Waals surface area contributed by atoms with Crippen LogP contribution in [0.5, 0.6) is 5.75 Å². The first-order valence-corrected chi connectivity index (χ1v) is 9.70. The van der Waals surface area contributed by atoms with Gasteiger partial charge in [-0.05, 0) is 23.8 Å². The number of para-hydroxylation sites is 2. The second kappa shape index (κ2) is 10.6. The molecule has 3 N–H and O–H groups in total. The zero-order chi connectivity index (χ0) is 22.1. The Hall–Kier alpha value is -4.13. The van der Waals surface area contributed by atoms with Crippen molar-refractivity contribution < 1.29 is 19.1 Å². The highest BCUT2D eigenvalue weighted by molar-refractivity contribution is 6.40. The van der Waals surface area contributed by atoms with Gasteiger partial charge in [0.15, 0.2) is 0 Å². The number of hydrogen-bond donors (Lipinski definition) is 3. The summed E-state index contributed by atoms with van der Waals surface area (Å²) in [5, 5.41) is 7.88. The maximum atomic E-state index is 12.6. The van der Waals surface area contributed by atoms with E-state index in [0.717, 1.165) is 11.1 Å². The van der Waals surface area contributed by atoms with E-state index in [1.54, 1.807) is 36.4 Å². The number of hydrogen-bond acceptors (Lipinski definition) is 4. The molecule has 158 valence electrons. The Labute approximate surface area is 180 Å². The van der Waals surface area contributed by atoms with Crippen LogP contribution in [-0.4, -0.2) is 24.8 Å². The maximum absolute atomic E-state index is 12.6. The summed E-state index contributed by atoms with van der Waals surface area (Å²) in [4.78, 5) is 37.2. The van der Waals surface area contributed by atoms with Crippen molar-refractivity contribution in [3.05, 3.63) is 95.6 Å². The second-order valence-corrected chi connectivity index (χ2v) is 6.66. The van der Waals surface area contributed by atoms with Crippen LogP contribution in [0.15, 0.2) is 78.9 Å². The van der Waals surface area contributed by atoms with Gasteiger partial charge < -0.3 is 20.7 Å². The quantitative estimate of drug-likeness (QED) is 0.515. The Morgan fingerprint density at radius 2 is 1.42 bits per heavy atom. The number of rotatable bonds is 7. The van der Waals surface area contributed by atoms with E-state index in [2.05, 4.69) is 16.0 Å². The van der Waals surface area contributed by atoms with E-state index in [4.69, 9.17) is 4.74 Å². The molecule has 0 aliphatic rings. The third-order valence-corrected chi connectivity index (χ3v) is 4.55. The Morgan fingerprint density at radius 3 is 2.19 bits per heavy atom. The second-order valence-electron chi connectivity index (χ2n) is 6.66. The SMILES string of the molecule is COc1ccccc1CNC(=O)C(=O)Nc1ccccc1C(=O)NCc1ccccc1. The summed E-state index contributed by atoms with van der Waals surface area (Å²) in [6.45, 7) is 0.483. The lowest BCUT2D eigenvalue weighted by atomic mass is 10.1. The molecular weight excluding hydrogens is 394 g/mol. The van der Waals surface area contributed by atoms with Crippen molar-refractivity contribution >= 4 is 23.4 Å². The molecule has 0 atom stereocenters. The molecule has 3 rings (SSSR count). The summed E-state index contributed by atoms with van der Waals surface area (Å²) >= 11 is 0. The first kappa shape index (κ1) is 21.6. The molecule has 0 saturated carbocycles. The molecule has 0 aromatic heterocycles. The third-order valence-electron chi connectivity index (χ3n) is 4.55. The molecule has 0 heterocycles. The van der Waals surface area contributed by atoms with E-state index in [1.807, 2.05) is 42.5 Å². The van der Waals surface area contributed by atoms with Crippen LogP contribution in [0.3, 0.4) is 0 Å². The van der Waals surface area contributed by atoms with Crippen LogP contribution in [0.1, 0.15) is 21.5 Å². The average molecular weight is 417 g/mol. The number of ether oxygens (including phenoxy) is 1. The highest BCUT2D eigenvalue weighted by atomic mass is 16.5. The summed E-state index contributed by atoms with van der Waals surface area (Å²) in [6.07, 6.45) is 0. The lowest BCUT2D eigenvalue weighted by molar-refractivity contribution is -0.136. The Morgan fingerprint density at radius 1 is 0.742 bits per heavy atom. The summed E-state index contributed by atoms with van der Waals surface area (Å²) in [6, 6.07) is 23.2. The highest BCUT2D eigenvalue weighted by Crippen LogP contribution is 2.17. The van der Waals surface area contributed by atoms with Gasteiger partial charge in [-0.1, -0.05) is 60.7 Å². The fraction of sp³-hybridized carbons (Fsp3) is 0.125. The smallest absolute Gasteiger partial charge is 0.313 e. The van der Waals surface area contributed by atoms with Crippen molar-refractivity contribution in [2.45, 2.75) is 13.1 Å². The topological polar surface area (TPSA) is 96.5 Å². The van der Waals surface area contributed by atoms with E-state index >= 15 is 0 Å². The van der Waals surface area contributed by atoms with E-state index in [0.29, 0.717) is 12.3 Å². The minimum Gasteiger partial charge on any atom is -0.496 e. The number of benzene rings is 3. The molecule has 0 spiro atoms. The molecule has 3 amide bonds. The summed E-state index contributed by atoms with van der Waals surface area (Å²) in [5.41, 5.74) is 2.22. The van der Waals surface area contributed by atoms with E-state index in [9.17, 15) is 14.4 Å². The van der Waals surface area contributed by atoms with Crippen LogP contribution in [0.2, 0.25) is 0 Å². The van der Waals surface area contributed by atoms with Gasteiger partial charge in [-0.25, -0.2) is 0 Å². The third kappa shape index (κ3) is 5.93. The van der Waals surface area contributed by atoms with Gasteiger partial charge in [0, 0.05) is 18.7 Å². The van der Waals surface area contributed by atoms with Gasteiger partial charge in [0.2, 0.25) is 0 Å². The minimum absolute atomic E-state index is 0.134. The highest BCUT2D eigenvalue weighted by Gasteiger charge is 2.18. The standard InChI is InChI=1S/C24H23N3O4/c1-31-21-14-8-5-11-18(21)16-26-23(29)24(30)27-20-13-7-6-12-19(20)22(28)25-15-17-9-3-2-4-10-17/h2-14H,15-16H2,1H3,(H,25,28)(H,26,29)(H,27,30). The molecule has 3 aromatic carbocycles. The van der Waals surface area contributed by atoms with Crippen LogP contribution < -0.4 is 20.7 Å². The summed E-state index contributed by atoms with van der Waals surface area (Å²) < 4.78 is 5.23. The molecule has 0 aliphatic carbocycles. The lowest BCUT2D eigenvalue weighted by Gasteiger charge is -2.12. The van der Waals surface area contributed by atoms with Crippen LogP contribution >= 0.6 is 0 Å². The fourth-order valence-corrected chi connectivity index (χ4v) is 2.95. The molecule has 0 fully saturated rings. The predicted molar refractivity (Wildman–Crippen MR) is 118 cm³/mol. The minimum atomic E-state index is -0.863. The first-order valence-electron chi connectivity index (χ1n) is 9.70. The number of methoxy groups -OCH3 is 1. The summed E-state index contributed by atoms with van der Waals surface area (Å²) in [5.74, 6) is -1.42. The number of carbonyl (C=O) groups excluding carboxylic acids is 3. The molecule has 7 nitrogen and oxygen atoms in total. The number of carbonyl (C=O) groups is 3. The van der Waals surface area contributed by atoms with E-state index < -0.39 is 11.8 Å². The molecule has 0 radical (unpaired) electrons. The first-order chi connectivity index (χ1) is 15.1. The van der Waals surface area contributed by atoms with E-state index in [1.165, 1.54) is 7.11 Å². The Kier molecular flexibility index (Phi) is 7.37.